The third kappa shape index (κ3) is 7.84. The molecule has 0 aromatic heterocycles. The van der Waals surface area contributed by atoms with Crippen LogP contribution < -0.4 is 0 Å². The molecule has 0 aromatic carbocycles. The maximum Gasteiger partial charge on any atom is 0.303 e. The van der Waals surface area contributed by atoms with E-state index in [2.05, 4.69) is 33.8 Å². The molecule has 1 spiro atoms. The van der Waals surface area contributed by atoms with E-state index < -0.39 is 110 Å². The predicted molar refractivity (Wildman–Crippen MR) is 219 cm³/mol. The van der Waals surface area contributed by atoms with Crippen molar-refractivity contribution < 1.29 is 88.3 Å². The Hall–Kier alpha value is -1.43. The number of ether oxygens (including phenoxy) is 9. The number of fused-ring (bicyclic) bond motifs is 7. The summed E-state index contributed by atoms with van der Waals surface area (Å²) < 4.78 is 55.3. The van der Waals surface area contributed by atoms with Gasteiger partial charge in [0.2, 0.25) is 0 Å². The van der Waals surface area contributed by atoms with Crippen molar-refractivity contribution in [2.45, 2.75) is 203 Å². The minimum Gasteiger partial charge on any atom is -0.457 e. The van der Waals surface area contributed by atoms with E-state index >= 15 is 0 Å². The lowest BCUT2D eigenvalue weighted by Crippen LogP contribution is -2.64. The van der Waals surface area contributed by atoms with Crippen molar-refractivity contribution in [1.29, 1.82) is 0 Å². The molecule has 0 amide bonds. The van der Waals surface area contributed by atoms with Crippen molar-refractivity contribution in [3.05, 3.63) is 11.6 Å². The molecule has 3 saturated carbocycles. The molecule has 6 unspecified atom stereocenters. The Balaban J connectivity index is 0.851. The van der Waals surface area contributed by atoms with Crippen LogP contribution in [0, 0.1) is 46.3 Å². The summed E-state index contributed by atoms with van der Waals surface area (Å²) in [6.45, 7) is 11.6. The zero-order chi connectivity index (χ0) is 45.8. The molecule has 9 aliphatic rings. The monoisotopic (exact) mass is 912 g/mol. The highest BCUT2D eigenvalue weighted by molar-refractivity contribution is 5.66. The number of hydrogen-bond acceptors (Lipinski definition) is 18. The lowest BCUT2D eigenvalue weighted by atomic mass is 9.47. The first-order valence-electron chi connectivity index (χ1n) is 23.8. The average molecular weight is 913 g/mol. The van der Waals surface area contributed by atoms with Gasteiger partial charge >= 0.3 is 5.97 Å². The zero-order valence-corrected chi connectivity index (χ0v) is 37.8. The van der Waals surface area contributed by atoms with Gasteiger partial charge in [0.05, 0.1) is 38.1 Å². The number of aliphatic hydroxyl groups excluding tert-OH is 8. The molecule has 8 N–H and O–H groups in total. The van der Waals surface area contributed by atoms with Gasteiger partial charge in [-0.1, -0.05) is 39.3 Å². The highest BCUT2D eigenvalue weighted by atomic mass is 16.8. The van der Waals surface area contributed by atoms with Crippen LogP contribution in [0.4, 0.5) is 0 Å². The second-order valence-corrected chi connectivity index (χ2v) is 21.3. The van der Waals surface area contributed by atoms with Crippen LogP contribution in [0.3, 0.4) is 0 Å². The summed E-state index contributed by atoms with van der Waals surface area (Å²) in [4.78, 5) is 11.8. The number of aliphatic hydroxyl groups is 8. The molecule has 0 aromatic rings. The summed E-state index contributed by atoms with van der Waals surface area (Å²) in [5.74, 6) is 0.0126. The molecule has 4 aliphatic carbocycles. The first kappa shape index (κ1) is 47.6. The van der Waals surface area contributed by atoms with Crippen molar-refractivity contribution in [2.24, 2.45) is 46.3 Å². The number of rotatable bonds is 8. The first-order valence-corrected chi connectivity index (χ1v) is 23.8. The van der Waals surface area contributed by atoms with Crippen LogP contribution in [-0.4, -0.2) is 177 Å². The fraction of sp³-hybridized carbons (Fsp3) is 0.935. The Labute approximate surface area is 374 Å². The van der Waals surface area contributed by atoms with Gasteiger partial charge < -0.3 is 83.5 Å². The molecule has 0 bridgehead atoms. The highest BCUT2D eigenvalue weighted by Crippen LogP contribution is 2.71. The van der Waals surface area contributed by atoms with Gasteiger partial charge in [0.25, 0.3) is 0 Å². The first-order chi connectivity index (χ1) is 30.3. The second-order valence-electron chi connectivity index (χ2n) is 21.3. The van der Waals surface area contributed by atoms with Crippen molar-refractivity contribution in [2.75, 3.05) is 19.8 Å². The van der Waals surface area contributed by atoms with Gasteiger partial charge in [-0.15, -0.1) is 0 Å². The molecular weight excluding hydrogens is 840 g/mol. The summed E-state index contributed by atoms with van der Waals surface area (Å²) in [5, 5.41) is 85.2. The Bertz CT molecular complexity index is 1720. The number of carbonyl (C=O) groups excluding carboxylic acids is 1. The van der Waals surface area contributed by atoms with Gasteiger partial charge in [0, 0.05) is 12.8 Å². The summed E-state index contributed by atoms with van der Waals surface area (Å²) in [5.41, 5.74) is 1.27. The molecule has 364 valence electrons. The third-order valence-electron chi connectivity index (χ3n) is 17.6. The molecule has 26 atom stereocenters. The minimum atomic E-state index is -1.64. The quantitative estimate of drug-likeness (QED) is 0.121. The molecule has 5 aliphatic heterocycles. The van der Waals surface area contributed by atoms with Crippen molar-refractivity contribution >= 4 is 5.97 Å². The fourth-order valence-electron chi connectivity index (χ4n) is 14.2. The molecule has 5 saturated heterocycles. The molecule has 18 nitrogen and oxygen atoms in total. The topological polar surface area (TPSA) is 262 Å². The van der Waals surface area contributed by atoms with E-state index in [9.17, 15) is 45.6 Å². The minimum absolute atomic E-state index is 0.0141. The van der Waals surface area contributed by atoms with Crippen molar-refractivity contribution in [1.82, 2.24) is 0 Å². The van der Waals surface area contributed by atoms with Crippen LogP contribution >= 0.6 is 0 Å². The summed E-state index contributed by atoms with van der Waals surface area (Å²) in [6, 6.07) is 0. The molecule has 0 radical (unpaired) electrons. The lowest BCUT2D eigenvalue weighted by Gasteiger charge is -2.59. The van der Waals surface area contributed by atoms with Crippen LogP contribution in [0.5, 0.6) is 0 Å². The van der Waals surface area contributed by atoms with Gasteiger partial charge in [0.15, 0.2) is 30.8 Å². The van der Waals surface area contributed by atoms with Crippen LogP contribution in [0.1, 0.15) is 92.9 Å². The number of allylic oxidation sites excluding steroid dienone is 1. The third-order valence-corrected chi connectivity index (χ3v) is 17.6. The highest BCUT2D eigenvalue weighted by Gasteiger charge is 2.71. The van der Waals surface area contributed by atoms with Gasteiger partial charge in [-0.05, 0) is 98.7 Å². The lowest BCUT2D eigenvalue weighted by molar-refractivity contribution is -0.366. The van der Waals surface area contributed by atoms with Gasteiger partial charge in [-0.2, -0.15) is 0 Å². The molecule has 8 fully saturated rings. The van der Waals surface area contributed by atoms with E-state index in [0.29, 0.717) is 43.6 Å². The Morgan fingerprint density at radius 1 is 0.797 bits per heavy atom. The van der Waals surface area contributed by atoms with Crippen LogP contribution in [0.25, 0.3) is 0 Å². The van der Waals surface area contributed by atoms with E-state index in [4.69, 9.17) is 42.6 Å². The zero-order valence-electron chi connectivity index (χ0n) is 37.8. The standard InChI is InChI=1S/C46H72O18/c1-19-13-31(62-41-38(55)39(59-22(4)48)28(49)18-56-41)46(57-17-19)20(2)32-29(64-46)15-27-25-8-7-23-14-24(9-11-44(23,5)26(25)10-12-45(27,32)6)60-43-37(54)35(52)40(30(16-47)61-43)63-42-36(53)34(51)33(50)21(3)58-42/h7,19-21,24-43,47,49-55H,8-18H2,1-6H3/t19-,20+,21+,24+,25?,26?,27?,28+,29?,30-,31+,32?,33+,34-,35-,36-,37-,38-,39+,40-,41+,42+,43-,44+,45+,46?/m1/s1. The summed E-state index contributed by atoms with van der Waals surface area (Å²) in [6.07, 6.45) is -10.4. The SMILES string of the molecule is CC(=O)O[C@@H]1[C@@H](O)[C@H](O[C@H]2C[C@@H](C)COC23OC2CC4C5CC=C6C[C@@H](O[C@@H]7O[C@H](CO)[C@@H](O[C@@H]8O[C@@H](C)[C@H](O)[C@@H](O)[C@H]8O)[C@H](O)[C@H]7O)CC[C@]6(C)C5CC[C@]4(C)C2[C@@H]3C)OC[C@@H]1O. The van der Waals surface area contributed by atoms with Crippen LogP contribution in [-0.2, 0) is 47.4 Å². The van der Waals surface area contributed by atoms with E-state index in [-0.39, 0.29) is 47.4 Å². The number of esters is 1. The fourth-order valence-corrected chi connectivity index (χ4v) is 14.2. The maximum atomic E-state index is 11.8. The largest absolute Gasteiger partial charge is 0.457 e. The maximum absolute atomic E-state index is 11.8. The van der Waals surface area contributed by atoms with Crippen molar-refractivity contribution in [3.63, 3.8) is 0 Å². The molecule has 5 heterocycles. The Kier molecular flexibility index (Phi) is 13.3. The smallest absolute Gasteiger partial charge is 0.303 e. The van der Waals surface area contributed by atoms with E-state index in [1.807, 2.05) is 0 Å². The molecule has 64 heavy (non-hydrogen) atoms. The van der Waals surface area contributed by atoms with E-state index in [1.54, 1.807) is 0 Å². The molecule has 18 heteroatoms. The van der Waals surface area contributed by atoms with E-state index in [1.165, 1.54) is 19.4 Å². The normalized spacial score (nSPS) is 56.1. The second kappa shape index (κ2) is 17.8. The molecular formula is C46H72O18. The Morgan fingerprint density at radius 2 is 1.53 bits per heavy atom. The van der Waals surface area contributed by atoms with Crippen LogP contribution in [0.15, 0.2) is 11.6 Å². The number of carbonyl (C=O) groups is 1. The van der Waals surface area contributed by atoms with Gasteiger partial charge in [-0.25, -0.2) is 0 Å². The van der Waals surface area contributed by atoms with Crippen LogP contribution in [0.2, 0.25) is 0 Å². The average Bonchev–Trinajstić information content (AvgIpc) is 3.71. The predicted octanol–water partition coefficient (Wildman–Crippen LogP) is 0.395. The Morgan fingerprint density at radius 3 is 2.27 bits per heavy atom. The summed E-state index contributed by atoms with van der Waals surface area (Å²) in [7, 11) is 0. The summed E-state index contributed by atoms with van der Waals surface area (Å²) >= 11 is 0. The number of hydrogen-bond donors (Lipinski definition) is 8. The molecule has 9 rings (SSSR count). The van der Waals surface area contributed by atoms with Gasteiger partial charge in [0.1, 0.15) is 61.0 Å². The van der Waals surface area contributed by atoms with E-state index in [0.717, 1.165) is 32.1 Å². The van der Waals surface area contributed by atoms with Crippen molar-refractivity contribution in [3.8, 4) is 0 Å². The van der Waals surface area contributed by atoms with Gasteiger partial charge in [-0.3, -0.25) is 4.79 Å².